The number of carbonyl (C=O) groups excluding carboxylic acids is 1. The summed E-state index contributed by atoms with van der Waals surface area (Å²) in [5, 5.41) is 2.80. The van der Waals surface area contributed by atoms with E-state index in [0.717, 1.165) is 11.3 Å². The fourth-order valence-corrected chi connectivity index (χ4v) is 5.11. The van der Waals surface area contributed by atoms with E-state index in [0.29, 0.717) is 30.8 Å². The van der Waals surface area contributed by atoms with Crippen molar-refractivity contribution in [2.45, 2.75) is 30.8 Å². The number of ether oxygens (including phenoxy) is 1. The molecule has 1 aliphatic heterocycles. The van der Waals surface area contributed by atoms with E-state index in [1.807, 2.05) is 49.4 Å². The number of fused-ring (bicyclic) bond motifs is 1. The predicted molar refractivity (Wildman–Crippen MR) is 121 cm³/mol. The summed E-state index contributed by atoms with van der Waals surface area (Å²) in [7, 11) is -3.66. The summed E-state index contributed by atoms with van der Waals surface area (Å²) < 4.78 is 33.4. The van der Waals surface area contributed by atoms with E-state index in [9.17, 15) is 13.2 Å². The molecule has 6 nitrogen and oxygen atoms in total. The molecule has 31 heavy (non-hydrogen) atoms. The average Bonchev–Trinajstić information content (AvgIpc) is 3.23. The Morgan fingerprint density at radius 1 is 1.00 bits per heavy atom. The molecule has 1 unspecified atom stereocenters. The van der Waals surface area contributed by atoms with Crippen LogP contribution < -0.4 is 14.4 Å². The van der Waals surface area contributed by atoms with Gasteiger partial charge in [-0.1, -0.05) is 43.3 Å². The highest BCUT2D eigenvalue weighted by atomic mass is 32.2. The summed E-state index contributed by atoms with van der Waals surface area (Å²) in [4.78, 5) is 12.8. The molecule has 4 rings (SSSR count). The molecule has 0 aromatic heterocycles. The van der Waals surface area contributed by atoms with Crippen LogP contribution in [0.5, 0.6) is 5.75 Å². The number of hydrogen-bond donors (Lipinski definition) is 1. The first kappa shape index (κ1) is 20.9. The van der Waals surface area contributed by atoms with Crippen LogP contribution in [0.1, 0.15) is 18.9 Å². The van der Waals surface area contributed by atoms with Gasteiger partial charge in [0.25, 0.3) is 15.9 Å². The maximum atomic E-state index is 13.1. The zero-order valence-corrected chi connectivity index (χ0v) is 18.0. The van der Waals surface area contributed by atoms with Crippen molar-refractivity contribution in [1.82, 2.24) is 0 Å². The Kier molecular flexibility index (Phi) is 5.95. The largest absolute Gasteiger partial charge is 0.481 e. The molecule has 0 aliphatic carbocycles. The van der Waals surface area contributed by atoms with Gasteiger partial charge in [-0.05, 0) is 60.9 Å². The molecule has 0 bridgehead atoms. The second kappa shape index (κ2) is 8.81. The Labute approximate surface area is 182 Å². The Balaban J connectivity index is 1.46. The Hall–Kier alpha value is -3.32. The molecule has 160 valence electrons. The molecule has 3 aromatic rings. The third-order valence-electron chi connectivity index (χ3n) is 5.24. The third-order valence-corrected chi connectivity index (χ3v) is 7.07. The highest BCUT2D eigenvalue weighted by Gasteiger charge is 2.30. The van der Waals surface area contributed by atoms with Gasteiger partial charge in [0.2, 0.25) is 0 Å². The Morgan fingerprint density at radius 3 is 2.39 bits per heavy atom. The average molecular weight is 437 g/mol. The maximum absolute atomic E-state index is 13.1. The first-order valence-corrected chi connectivity index (χ1v) is 11.7. The van der Waals surface area contributed by atoms with E-state index in [4.69, 9.17) is 4.74 Å². The second-order valence-electron chi connectivity index (χ2n) is 7.30. The summed E-state index contributed by atoms with van der Waals surface area (Å²) >= 11 is 0. The van der Waals surface area contributed by atoms with Crippen LogP contribution in [-0.4, -0.2) is 27.0 Å². The normalized spacial score (nSPS) is 14.0. The molecule has 0 spiro atoms. The van der Waals surface area contributed by atoms with Crippen molar-refractivity contribution in [3.8, 4) is 5.75 Å². The van der Waals surface area contributed by atoms with Gasteiger partial charge in [-0.2, -0.15) is 0 Å². The quantitative estimate of drug-likeness (QED) is 0.601. The molecule has 1 N–H and O–H groups in total. The molecule has 0 radical (unpaired) electrons. The number of anilines is 2. The van der Waals surface area contributed by atoms with Crippen molar-refractivity contribution in [2.24, 2.45) is 0 Å². The Bertz CT molecular complexity index is 1160. The van der Waals surface area contributed by atoms with Gasteiger partial charge >= 0.3 is 0 Å². The van der Waals surface area contributed by atoms with Crippen molar-refractivity contribution in [3.63, 3.8) is 0 Å². The molecule has 0 saturated carbocycles. The zero-order chi connectivity index (χ0) is 21.8. The number of benzene rings is 3. The third kappa shape index (κ3) is 4.41. The minimum atomic E-state index is -3.66. The fraction of sp³-hybridized carbons (Fsp3) is 0.208. The van der Waals surface area contributed by atoms with Crippen LogP contribution in [0.3, 0.4) is 0 Å². The minimum absolute atomic E-state index is 0.190. The summed E-state index contributed by atoms with van der Waals surface area (Å²) in [5.74, 6) is 0.340. The van der Waals surface area contributed by atoms with E-state index < -0.39 is 16.1 Å². The van der Waals surface area contributed by atoms with Crippen LogP contribution in [0.15, 0.2) is 83.8 Å². The van der Waals surface area contributed by atoms with Crippen molar-refractivity contribution in [3.05, 3.63) is 84.4 Å². The molecular weight excluding hydrogens is 412 g/mol. The number of rotatable bonds is 7. The molecule has 1 atom stereocenters. The van der Waals surface area contributed by atoms with Crippen molar-refractivity contribution in [2.75, 3.05) is 16.2 Å². The number of sulfonamides is 1. The lowest BCUT2D eigenvalue weighted by molar-refractivity contribution is -0.122. The monoisotopic (exact) mass is 436 g/mol. The summed E-state index contributed by atoms with van der Waals surface area (Å²) in [6.45, 7) is 2.30. The van der Waals surface area contributed by atoms with E-state index >= 15 is 0 Å². The number of amides is 1. The number of para-hydroxylation sites is 2. The van der Waals surface area contributed by atoms with Crippen LogP contribution in [0.25, 0.3) is 0 Å². The van der Waals surface area contributed by atoms with E-state index in [1.54, 1.807) is 24.3 Å². The zero-order valence-electron chi connectivity index (χ0n) is 17.2. The molecule has 0 fully saturated rings. The smallest absolute Gasteiger partial charge is 0.265 e. The fourth-order valence-electron chi connectivity index (χ4n) is 3.60. The summed E-state index contributed by atoms with van der Waals surface area (Å²) in [6.07, 6.45) is 0.553. The van der Waals surface area contributed by atoms with Gasteiger partial charge in [-0.25, -0.2) is 8.42 Å². The standard InChI is InChI=1S/C24H24N2O4S/c1-2-23(30-20-9-4-3-5-10-20)24(27)25-19-12-14-21(15-13-19)31(28,29)26-17-16-18-8-6-7-11-22(18)26/h3-15,23H,2,16-17H2,1H3,(H,25,27). The lowest BCUT2D eigenvalue weighted by Crippen LogP contribution is -2.32. The number of nitrogens with one attached hydrogen (secondary N) is 1. The van der Waals surface area contributed by atoms with E-state index in [2.05, 4.69) is 5.32 Å². The highest BCUT2D eigenvalue weighted by molar-refractivity contribution is 7.92. The van der Waals surface area contributed by atoms with Gasteiger partial charge in [0.15, 0.2) is 6.10 Å². The van der Waals surface area contributed by atoms with Gasteiger partial charge < -0.3 is 10.1 Å². The number of hydrogen-bond acceptors (Lipinski definition) is 4. The van der Waals surface area contributed by atoms with E-state index in [-0.39, 0.29) is 10.8 Å². The summed E-state index contributed by atoms with van der Waals surface area (Å²) in [5.41, 5.74) is 2.27. The minimum Gasteiger partial charge on any atom is -0.481 e. The highest BCUT2D eigenvalue weighted by Crippen LogP contribution is 2.32. The topological polar surface area (TPSA) is 75.7 Å². The molecule has 0 saturated heterocycles. The van der Waals surface area contributed by atoms with Gasteiger partial charge in [0.1, 0.15) is 5.75 Å². The van der Waals surface area contributed by atoms with Crippen LogP contribution in [0.4, 0.5) is 11.4 Å². The van der Waals surface area contributed by atoms with Gasteiger partial charge in [-0.3, -0.25) is 9.10 Å². The molecule has 1 amide bonds. The lowest BCUT2D eigenvalue weighted by atomic mass is 10.2. The van der Waals surface area contributed by atoms with Gasteiger partial charge in [0, 0.05) is 12.2 Å². The maximum Gasteiger partial charge on any atom is 0.265 e. The second-order valence-corrected chi connectivity index (χ2v) is 9.16. The van der Waals surface area contributed by atoms with Crippen molar-refractivity contribution >= 4 is 27.3 Å². The first-order valence-electron chi connectivity index (χ1n) is 10.2. The molecular formula is C24H24N2O4S. The van der Waals surface area contributed by atoms with Crippen LogP contribution in [0.2, 0.25) is 0 Å². The molecule has 7 heteroatoms. The number of nitrogens with zero attached hydrogens (tertiary/aromatic N) is 1. The SMILES string of the molecule is CCC(Oc1ccccc1)C(=O)Nc1ccc(S(=O)(=O)N2CCc3ccccc32)cc1. The lowest BCUT2D eigenvalue weighted by Gasteiger charge is -2.20. The van der Waals surface area contributed by atoms with Gasteiger partial charge in [0.05, 0.1) is 10.6 Å². The molecule has 1 aliphatic rings. The van der Waals surface area contributed by atoms with Gasteiger partial charge in [-0.15, -0.1) is 0 Å². The van der Waals surface area contributed by atoms with Crippen LogP contribution in [-0.2, 0) is 21.2 Å². The Morgan fingerprint density at radius 2 is 1.68 bits per heavy atom. The van der Waals surface area contributed by atoms with Crippen LogP contribution in [0, 0.1) is 0 Å². The van der Waals surface area contributed by atoms with Crippen LogP contribution >= 0.6 is 0 Å². The first-order chi connectivity index (χ1) is 15.0. The number of carbonyl (C=O) groups is 1. The van der Waals surface area contributed by atoms with E-state index in [1.165, 1.54) is 16.4 Å². The molecule has 3 aromatic carbocycles. The predicted octanol–water partition coefficient (Wildman–Crippen LogP) is 4.23. The van der Waals surface area contributed by atoms with Crippen molar-refractivity contribution in [1.29, 1.82) is 0 Å². The van der Waals surface area contributed by atoms with Crippen molar-refractivity contribution < 1.29 is 17.9 Å². The summed E-state index contributed by atoms with van der Waals surface area (Å²) in [6, 6.07) is 22.9. The molecule has 1 heterocycles.